The second-order valence-corrected chi connectivity index (χ2v) is 5.77. The van der Waals surface area contributed by atoms with Gasteiger partial charge in [-0.05, 0) is 18.2 Å². The van der Waals surface area contributed by atoms with Gasteiger partial charge in [0.05, 0.1) is 11.5 Å². The normalized spacial score (nSPS) is 10.0. The van der Waals surface area contributed by atoms with Crippen molar-refractivity contribution in [2.75, 3.05) is 6.54 Å². The number of benzene rings is 2. The molecule has 0 saturated heterocycles. The van der Waals surface area contributed by atoms with Gasteiger partial charge in [0.25, 0.3) is 11.6 Å². The van der Waals surface area contributed by atoms with Crippen LogP contribution in [0.4, 0.5) is 5.69 Å². The zero-order chi connectivity index (χ0) is 17.5. The van der Waals surface area contributed by atoms with Gasteiger partial charge in [-0.1, -0.05) is 40.2 Å². The van der Waals surface area contributed by atoms with E-state index in [1.54, 1.807) is 42.5 Å². The van der Waals surface area contributed by atoms with E-state index in [1.807, 2.05) is 0 Å². The molecule has 0 saturated carbocycles. The number of carbonyl (C=O) groups is 2. The van der Waals surface area contributed by atoms with Gasteiger partial charge in [0.1, 0.15) is 0 Å². The Morgan fingerprint density at radius 3 is 2.54 bits per heavy atom. The van der Waals surface area contributed by atoms with Crippen LogP contribution >= 0.6 is 15.9 Å². The zero-order valence-corrected chi connectivity index (χ0v) is 14.1. The van der Waals surface area contributed by atoms with Gasteiger partial charge in [0.15, 0.2) is 0 Å². The highest BCUT2D eigenvalue weighted by Crippen LogP contribution is 2.17. The maximum atomic E-state index is 11.9. The summed E-state index contributed by atoms with van der Waals surface area (Å²) in [5.41, 5.74) is 0.765. The van der Waals surface area contributed by atoms with E-state index in [2.05, 4.69) is 26.6 Å². The summed E-state index contributed by atoms with van der Waals surface area (Å²) >= 11 is 3.27. The molecule has 0 unspecified atom stereocenters. The number of nitro benzene ring substituents is 1. The van der Waals surface area contributed by atoms with Crippen molar-refractivity contribution >= 4 is 33.4 Å². The fourth-order valence-electron chi connectivity index (χ4n) is 1.99. The lowest BCUT2D eigenvalue weighted by Crippen LogP contribution is -2.36. The van der Waals surface area contributed by atoms with Crippen LogP contribution in [0.25, 0.3) is 0 Å². The molecule has 0 aliphatic rings. The molecule has 0 bridgehead atoms. The molecule has 0 aliphatic heterocycles. The van der Waals surface area contributed by atoms with Gasteiger partial charge in [-0.15, -0.1) is 0 Å². The van der Waals surface area contributed by atoms with Crippen LogP contribution in [0.2, 0.25) is 0 Å². The number of nitro groups is 1. The topological polar surface area (TPSA) is 101 Å². The van der Waals surface area contributed by atoms with Crippen molar-refractivity contribution in [1.82, 2.24) is 10.6 Å². The Morgan fingerprint density at radius 1 is 1.08 bits per heavy atom. The van der Waals surface area contributed by atoms with E-state index in [9.17, 15) is 19.7 Å². The average molecular weight is 392 g/mol. The van der Waals surface area contributed by atoms with E-state index in [1.165, 1.54) is 6.07 Å². The summed E-state index contributed by atoms with van der Waals surface area (Å²) in [5.74, 6) is -0.811. The molecule has 0 heterocycles. The van der Waals surface area contributed by atoms with E-state index in [0.29, 0.717) is 11.1 Å². The Kier molecular flexibility index (Phi) is 6.02. The highest BCUT2D eigenvalue weighted by Gasteiger charge is 2.13. The molecule has 2 aromatic rings. The molecule has 2 rings (SSSR count). The number of nitrogens with zero attached hydrogens (tertiary/aromatic N) is 1. The molecule has 124 valence electrons. The van der Waals surface area contributed by atoms with Crippen LogP contribution in [0.15, 0.2) is 53.0 Å². The molecule has 2 N–H and O–H groups in total. The maximum Gasteiger partial charge on any atom is 0.274 e. The molecule has 0 fully saturated rings. The van der Waals surface area contributed by atoms with Crippen LogP contribution in [0.1, 0.15) is 15.9 Å². The lowest BCUT2D eigenvalue weighted by molar-refractivity contribution is -0.385. The van der Waals surface area contributed by atoms with Gasteiger partial charge in [-0.25, -0.2) is 0 Å². The van der Waals surface area contributed by atoms with Crippen molar-refractivity contribution in [2.45, 2.75) is 6.54 Å². The Bertz CT molecular complexity index is 779. The molecular weight excluding hydrogens is 378 g/mol. The summed E-state index contributed by atoms with van der Waals surface area (Å²) in [6.07, 6.45) is 0. The number of carbonyl (C=O) groups excluding carboxylic acids is 2. The lowest BCUT2D eigenvalue weighted by atomic mass is 10.2. The smallest absolute Gasteiger partial charge is 0.274 e. The summed E-state index contributed by atoms with van der Waals surface area (Å²) in [7, 11) is 0. The highest BCUT2D eigenvalue weighted by molar-refractivity contribution is 9.10. The molecular formula is C16H14BrN3O4. The number of para-hydroxylation sites is 1. The first-order chi connectivity index (χ1) is 11.5. The molecule has 8 heteroatoms. The number of nitrogens with one attached hydrogen (secondary N) is 2. The summed E-state index contributed by atoms with van der Waals surface area (Å²) in [4.78, 5) is 34.1. The monoisotopic (exact) mass is 391 g/mol. The Labute approximate surface area is 146 Å². The molecule has 0 aromatic heterocycles. The van der Waals surface area contributed by atoms with Crippen molar-refractivity contribution in [1.29, 1.82) is 0 Å². The van der Waals surface area contributed by atoms with Crippen molar-refractivity contribution < 1.29 is 14.5 Å². The summed E-state index contributed by atoms with van der Waals surface area (Å²) in [5, 5.41) is 15.9. The van der Waals surface area contributed by atoms with Crippen molar-refractivity contribution in [2.24, 2.45) is 0 Å². The molecule has 0 aliphatic carbocycles. The Hall–Kier alpha value is -2.74. The molecule has 2 aromatic carbocycles. The number of halogens is 1. The Morgan fingerprint density at radius 2 is 1.83 bits per heavy atom. The number of rotatable bonds is 6. The SMILES string of the molecule is O=C(CNC(=O)c1cccc(Br)c1)NCc1ccccc1[N+](=O)[O-]. The van der Waals surface area contributed by atoms with Gasteiger partial charge in [0, 0.05) is 28.2 Å². The predicted molar refractivity (Wildman–Crippen MR) is 91.4 cm³/mol. The zero-order valence-electron chi connectivity index (χ0n) is 12.5. The molecule has 2 amide bonds. The molecule has 24 heavy (non-hydrogen) atoms. The second-order valence-electron chi connectivity index (χ2n) is 4.86. The van der Waals surface area contributed by atoms with E-state index in [4.69, 9.17) is 0 Å². The van der Waals surface area contributed by atoms with Gasteiger partial charge in [0.2, 0.25) is 5.91 Å². The van der Waals surface area contributed by atoms with Gasteiger partial charge >= 0.3 is 0 Å². The van der Waals surface area contributed by atoms with Crippen LogP contribution in [-0.2, 0) is 11.3 Å². The molecule has 0 spiro atoms. The minimum atomic E-state index is -0.503. The third-order valence-corrected chi connectivity index (χ3v) is 3.65. The first kappa shape index (κ1) is 17.6. The highest BCUT2D eigenvalue weighted by atomic mass is 79.9. The van der Waals surface area contributed by atoms with Crippen LogP contribution < -0.4 is 10.6 Å². The minimum absolute atomic E-state index is 0.0166. The maximum absolute atomic E-state index is 11.9. The number of amides is 2. The summed E-state index contributed by atoms with van der Waals surface area (Å²) < 4.78 is 0.760. The summed E-state index contributed by atoms with van der Waals surface area (Å²) in [6, 6.07) is 12.9. The third-order valence-electron chi connectivity index (χ3n) is 3.16. The number of hydrogen-bond acceptors (Lipinski definition) is 4. The molecule has 0 atom stereocenters. The van der Waals surface area contributed by atoms with Gasteiger partial charge in [-0.2, -0.15) is 0 Å². The van der Waals surface area contributed by atoms with E-state index in [-0.39, 0.29) is 24.7 Å². The second kappa shape index (κ2) is 8.21. The summed E-state index contributed by atoms with van der Waals surface area (Å²) in [6.45, 7) is -0.200. The van der Waals surface area contributed by atoms with E-state index in [0.717, 1.165) is 4.47 Å². The molecule has 7 nitrogen and oxygen atoms in total. The Balaban J connectivity index is 1.86. The van der Waals surface area contributed by atoms with Crippen molar-refractivity contribution in [3.63, 3.8) is 0 Å². The van der Waals surface area contributed by atoms with Crippen molar-refractivity contribution in [3.8, 4) is 0 Å². The van der Waals surface area contributed by atoms with Gasteiger partial charge in [-0.3, -0.25) is 19.7 Å². The van der Waals surface area contributed by atoms with Gasteiger partial charge < -0.3 is 10.6 Å². The fraction of sp³-hybridized carbons (Fsp3) is 0.125. The fourth-order valence-corrected chi connectivity index (χ4v) is 2.39. The lowest BCUT2D eigenvalue weighted by Gasteiger charge is -2.08. The van der Waals surface area contributed by atoms with Crippen LogP contribution in [0.3, 0.4) is 0 Å². The largest absolute Gasteiger partial charge is 0.350 e. The van der Waals surface area contributed by atoms with Crippen LogP contribution in [0.5, 0.6) is 0 Å². The van der Waals surface area contributed by atoms with E-state index < -0.39 is 10.8 Å². The standard InChI is InChI=1S/C16H14BrN3O4/c17-13-6-3-5-11(8-13)16(22)19-10-15(21)18-9-12-4-1-2-7-14(12)20(23)24/h1-8H,9-10H2,(H,18,21)(H,19,22). The van der Waals surface area contributed by atoms with Crippen LogP contribution in [0, 0.1) is 10.1 Å². The molecule has 0 radical (unpaired) electrons. The first-order valence-corrected chi connectivity index (χ1v) is 7.79. The number of hydrogen-bond donors (Lipinski definition) is 2. The van der Waals surface area contributed by atoms with Crippen molar-refractivity contribution in [3.05, 3.63) is 74.2 Å². The average Bonchev–Trinajstić information content (AvgIpc) is 2.58. The third kappa shape index (κ3) is 4.88. The predicted octanol–water partition coefficient (Wildman–Crippen LogP) is 2.40. The van der Waals surface area contributed by atoms with Crippen LogP contribution in [-0.4, -0.2) is 23.3 Å². The first-order valence-electron chi connectivity index (χ1n) is 7.00. The quantitative estimate of drug-likeness (QED) is 0.582. The minimum Gasteiger partial charge on any atom is -0.350 e. The van der Waals surface area contributed by atoms with E-state index >= 15 is 0 Å².